The van der Waals surface area contributed by atoms with Gasteiger partial charge in [-0.2, -0.15) is 0 Å². The lowest BCUT2D eigenvalue weighted by atomic mass is 10.0. The van der Waals surface area contributed by atoms with Gasteiger partial charge in [-0.15, -0.1) is 0 Å². The van der Waals surface area contributed by atoms with Crippen molar-refractivity contribution in [2.45, 2.75) is 13.1 Å². The molecule has 0 saturated carbocycles. The third kappa shape index (κ3) is 0.960. The zero-order chi connectivity index (χ0) is 9.54. The first-order valence-corrected chi connectivity index (χ1v) is 4.76. The van der Waals surface area contributed by atoms with E-state index in [1.807, 2.05) is 6.07 Å². The summed E-state index contributed by atoms with van der Waals surface area (Å²) in [6.07, 6.45) is 2.07. The molecule has 14 heavy (non-hydrogen) atoms. The van der Waals surface area contributed by atoms with Crippen LogP contribution in [0.3, 0.4) is 0 Å². The quantitative estimate of drug-likeness (QED) is 0.715. The molecule has 2 N–H and O–H groups in total. The number of rotatable bonds is 1. The Morgan fingerprint density at radius 3 is 2.93 bits per heavy atom. The molecule has 0 radical (unpaired) electrons. The van der Waals surface area contributed by atoms with E-state index in [2.05, 4.69) is 22.6 Å². The average molecular weight is 188 g/mol. The van der Waals surface area contributed by atoms with Crippen molar-refractivity contribution in [2.24, 2.45) is 0 Å². The van der Waals surface area contributed by atoms with E-state index in [0.717, 1.165) is 18.8 Å². The molecule has 3 nitrogen and oxygen atoms in total. The maximum atomic E-state index is 5.25. The molecule has 1 aromatic heterocycles. The Hall–Kier alpha value is -1.48. The summed E-state index contributed by atoms with van der Waals surface area (Å²) in [4.78, 5) is 3.27. The van der Waals surface area contributed by atoms with Gasteiger partial charge in [0, 0.05) is 36.3 Å². The molecule has 3 heteroatoms. The maximum Gasteiger partial charge on any atom is 0.121 e. The molecule has 0 amide bonds. The minimum atomic E-state index is 0.921. The van der Waals surface area contributed by atoms with Crippen LogP contribution in [0.25, 0.3) is 10.9 Å². The van der Waals surface area contributed by atoms with E-state index in [1.54, 1.807) is 7.11 Å². The van der Waals surface area contributed by atoms with Crippen LogP contribution in [0.15, 0.2) is 18.3 Å². The number of aromatic amines is 1. The molecule has 0 aliphatic carbocycles. The summed E-state index contributed by atoms with van der Waals surface area (Å²) in [5.41, 5.74) is 3.85. The topological polar surface area (TPSA) is 37.0 Å². The van der Waals surface area contributed by atoms with Gasteiger partial charge < -0.3 is 15.0 Å². The Kier molecular flexibility index (Phi) is 1.55. The number of hydrogen-bond donors (Lipinski definition) is 2. The van der Waals surface area contributed by atoms with Crippen molar-refractivity contribution in [3.05, 3.63) is 29.5 Å². The second-order valence-corrected chi connectivity index (χ2v) is 3.63. The SMILES string of the molecule is COc1cc2c3c(c[nH]c3c1)CNC2. The van der Waals surface area contributed by atoms with E-state index < -0.39 is 0 Å². The number of benzene rings is 1. The van der Waals surface area contributed by atoms with E-state index >= 15 is 0 Å². The standard InChI is InChI=1S/C11H12N2O/c1-14-9-2-7-4-12-5-8-6-13-10(3-9)11(7)8/h2-3,6,12-13H,4-5H2,1H3. The summed E-state index contributed by atoms with van der Waals surface area (Å²) < 4.78 is 5.25. The summed E-state index contributed by atoms with van der Waals surface area (Å²) in [5, 5.41) is 4.73. The van der Waals surface area contributed by atoms with Crippen LogP contribution < -0.4 is 10.1 Å². The summed E-state index contributed by atoms with van der Waals surface area (Å²) in [7, 11) is 1.70. The molecule has 2 heterocycles. The second-order valence-electron chi connectivity index (χ2n) is 3.63. The Balaban J connectivity index is 2.36. The van der Waals surface area contributed by atoms with Crippen LogP contribution in [-0.4, -0.2) is 12.1 Å². The number of aromatic nitrogens is 1. The molecule has 0 fully saturated rings. The number of hydrogen-bond acceptors (Lipinski definition) is 2. The molecule has 2 aromatic rings. The predicted molar refractivity (Wildman–Crippen MR) is 55.4 cm³/mol. The zero-order valence-electron chi connectivity index (χ0n) is 8.05. The van der Waals surface area contributed by atoms with Crippen molar-refractivity contribution < 1.29 is 4.74 Å². The molecule has 72 valence electrons. The highest BCUT2D eigenvalue weighted by atomic mass is 16.5. The van der Waals surface area contributed by atoms with Crippen molar-refractivity contribution in [1.82, 2.24) is 10.3 Å². The summed E-state index contributed by atoms with van der Waals surface area (Å²) in [6, 6.07) is 4.15. The van der Waals surface area contributed by atoms with Gasteiger partial charge in [-0.1, -0.05) is 0 Å². The third-order valence-corrected chi connectivity index (χ3v) is 2.78. The molecule has 1 aliphatic rings. The molecule has 1 aliphatic heterocycles. The highest BCUT2D eigenvalue weighted by Gasteiger charge is 2.14. The molecular weight excluding hydrogens is 176 g/mol. The smallest absolute Gasteiger partial charge is 0.121 e. The number of H-pyrrole nitrogens is 1. The first-order valence-electron chi connectivity index (χ1n) is 4.76. The van der Waals surface area contributed by atoms with Crippen LogP contribution >= 0.6 is 0 Å². The fraction of sp³-hybridized carbons (Fsp3) is 0.273. The van der Waals surface area contributed by atoms with Crippen molar-refractivity contribution >= 4 is 10.9 Å². The zero-order valence-corrected chi connectivity index (χ0v) is 8.05. The van der Waals surface area contributed by atoms with Gasteiger partial charge in [0.05, 0.1) is 7.11 Å². The van der Waals surface area contributed by atoms with Crippen molar-refractivity contribution in [3.63, 3.8) is 0 Å². The van der Waals surface area contributed by atoms with Crippen molar-refractivity contribution in [3.8, 4) is 5.75 Å². The van der Waals surface area contributed by atoms with Gasteiger partial charge in [-0.3, -0.25) is 0 Å². The largest absolute Gasteiger partial charge is 0.497 e. The summed E-state index contributed by atoms with van der Waals surface area (Å²) in [6.45, 7) is 1.89. The molecule has 0 unspecified atom stereocenters. The Morgan fingerprint density at radius 2 is 2.07 bits per heavy atom. The van der Waals surface area contributed by atoms with Gasteiger partial charge in [-0.25, -0.2) is 0 Å². The molecule has 0 saturated heterocycles. The van der Waals surface area contributed by atoms with E-state index in [4.69, 9.17) is 4.74 Å². The van der Waals surface area contributed by atoms with Crippen LogP contribution in [0.2, 0.25) is 0 Å². The van der Waals surface area contributed by atoms with E-state index in [0.29, 0.717) is 0 Å². The molecule has 0 spiro atoms. The summed E-state index contributed by atoms with van der Waals surface area (Å²) in [5.74, 6) is 0.921. The minimum absolute atomic E-state index is 0.921. The number of methoxy groups -OCH3 is 1. The van der Waals surface area contributed by atoms with E-state index in [1.165, 1.54) is 22.0 Å². The van der Waals surface area contributed by atoms with Crippen LogP contribution in [0.4, 0.5) is 0 Å². The third-order valence-electron chi connectivity index (χ3n) is 2.78. The van der Waals surface area contributed by atoms with Crippen LogP contribution in [0, 0.1) is 0 Å². The number of nitrogens with one attached hydrogen (secondary N) is 2. The molecule has 3 rings (SSSR count). The molecular formula is C11H12N2O. The van der Waals surface area contributed by atoms with Crippen molar-refractivity contribution in [2.75, 3.05) is 7.11 Å². The van der Waals surface area contributed by atoms with Gasteiger partial charge in [-0.05, 0) is 17.2 Å². The molecule has 0 atom stereocenters. The minimum Gasteiger partial charge on any atom is -0.497 e. The summed E-state index contributed by atoms with van der Waals surface area (Å²) >= 11 is 0. The maximum absolute atomic E-state index is 5.25. The normalized spacial score (nSPS) is 14.6. The fourth-order valence-corrected chi connectivity index (χ4v) is 2.13. The lowest BCUT2D eigenvalue weighted by Gasteiger charge is -2.14. The Labute approximate surface area is 82.1 Å². The van der Waals surface area contributed by atoms with Crippen LogP contribution in [0.1, 0.15) is 11.1 Å². The van der Waals surface area contributed by atoms with E-state index in [-0.39, 0.29) is 0 Å². The van der Waals surface area contributed by atoms with Gasteiger partial charge in [0.1, 0.15) is 5.75 Å². The monoisotopic (exact) mass is 188 g/mol. The van der Waals surface area contributed by atoms with Gasteiger partial charge in [0.2, 0.25) is 0 Å². The Bertz CT molecular complexity index is 487. The fourth-order valence-electron chi connectivity index (χ4n) is 2.13. The lowest BCUT2D eigenvalue weighted by molar-refractivity contribution is 0.414. The van der Waals surface area contributed by atoms with Crippen LogP contribution in [0.5, 0.6) is 5.75 Å². The second kappa shape index (κ2) is 2.75. The Morgan fingerprint density at radius 1 is 1.21 bits per heavy atom. The lowest BCUT2D eigenvalue weighted by Crippen LogP contribution is -2.17. The highest BCUT2D eigenvalue weighted by Crippen LogP contribution is 2.29. The first kappa shape index (κ1) is 7.88. The first-order chi connectivity index (χ1) is 6.88. The highest BCUT2D eigenvalue weighted by molar-refractivity contribution is 5.88. The van der Waals surface area contributed by atoms with Gasteiger partial charge in [0.15, 0.2) is 0 Å². The van der Waals surface area contributed by atoms with Gasteiger partial charge in [0.25, 0.3) is 0 Å². The molecule has 1 aromatic carbocycles. The van der Waals surface area contributed by atoms with E-state index in [9.17, 15) is 0 Å². The molecule has 0 bridgehead atoms. The van der Waals surface area contributed by atoms with Gasteiger partial charge >= 0.3 is 0 Å². The predicted octanol–water partition coefficient (Wildman–Crippen LogP) is 1.78. The van der Waals surface area contributed by atoms with Crippen molar-refractivity contribution in [1.29, 1.82) is 0 Å². The number of ether oxygens (including phenoxy) is 1. The average Bonchev–Trinajstić information content (AvgIpc) is 2.64. The van der Waals surface area contributed by atoms with Crippen LogP contribution in [-0.2, 0) is 13.1 Å².